The molecule has 0 aromatic rings. The zero-order chi connectivity index (χ0) is 18.1. The molecular formula is C18H30O7. The second-order valence-electron chi connectivity index (χ2n) is 7.26. The van der Waals surface area contributed by atoms with E-state index in [1.165, 1.54) is 0 Å². The molecule has 3 rings (SSSR count). The molecule has 2 fully saturated rings. The van der Waals surface area contributed by atoms with E-state index in [2.05, 4.69) is 6.92 Å². The summed E-state index contributed by atoms with van der Waals surface area (Å²) in [7, 11) is 1.57. The van der Waals surface area contributed by atoms with E-state index in [0.29, 0.717) is 13.0 Å². The molecule has 7 nitrogen and oxygen atoms in total. The average Bonchev–Trinajstić information content (AvgIpc) is 3.00. The summed E-state index contributed by atoms with van der Waals surface area (Å²) in [5.74, 6) is -0.748. The van der Waals surface area contributed by atoms with E-state index in [4.69, 9.17) is 28.4 Å². The van der Waals surface area contributed by atoms with Crippen LogP contribution in [0.5, 0.6) is 0 Å². The fourth-order valence-corrected chi connectivity index (χ4v) is 3.86. The number of unbranched alkanes of at least 4 members (excludes halogenated alkanes) is 1. The Kier molecular flexibility index (Phi) is 5.85. The molecule has 3 aliphatic rings. The van der Waals surface area contributed by atoms with E-state index in [-0.39, 0.29) is 6.79 Å². The Morgan fingerprint density at radius 3 is 2.72 bits per heavy atom. The zero-order valence-electron chi connectivity index (χ0n) is 15.5. The van der Waals surface area contributed by atoms with Gasteiger partial charge in [-0.25, -0.2) is 0 Å². The number of hydrogen-bond donors (Lipinski definition) is 1. The van der Waals surface area contributed by atoms with Crippen molar-refractivity contribution in [1.82, 2.24) is 0 Å². The fourth-order valence-electron chi connectivity index (χ4n) is 3.86. The van der Waals surface area contributed by atoms with Gasteiger partial charge >= 0.3 is 0 Å². The van der Waals surface area contributed by atoms with E-state index in [1.807, 2.05) is 19.9 Å². The SMILES string of the molecule is CCCCO[C@@H]1[C@H]2OC(C)(C)O[C@H]2OC12[C@H](O)C=CC[C@@H]2OCOC. The monoisotopic (exact) mass is 358 g/mol. The first-order chi connectivity index (χ1) is 11.9. The third-order valence-electron chi connectivity index (χ3n) is 4.97. The van der Waals surface area contributed by atoms with Crippen molar-refractivity contribution in [3.63, 3.8) is 0 Å². The van der Waals surface area contributed by atoms with Gasteiger partial charge in [0.25, 0.3) is 0 Å². The van der Waals surface area contributed by atoms with Crippen molar-refractivity contribution in [3.8, 4) is 0 Å². The van der Waals surface area contributed by atoms with Gasteiger partial charge in [-0.2, -0.15) is 0 Å². The summed E-state index contributed by atoms with van der Waals surface area (Å²) in [4.78, 5) is 0. The van der Waals surface area contributed by atoms with Gasteiger partial charge in [0.1, 0.15) is 25.1 Å². The molecule has 1 spiro atoms. The molecule has 25 heavy (non-hydrogen) atoms. The van der Waals surface area contributed by atoms with Crippen LogP contribution in [0.15, 0.2) is 12.2 Å². The van der Waals surface area contributed by atoms with Gasteiger partial charge in [-0.05, 0) is 26.7 Å². The molecule has 0 aromatic carbocycles. The van der Waals surface area contributed by atoms with Gasteiger partial charge in [-0.3, -0.25) is 0 Å². The van der Waals surface area contributed by atoms with E-state index in [1.54, 1.807) is 13.2 Å². The van der Waals surface area contributed by atoms with Gasteiger partial charge in [-0.1, -0.05) is 25.5 Å². The summed E-state index contributed by atoms with van der Waals surface area (Å²) in [6.07, 6.45) is 3.35. The molecule has 7 heteroatoms. The molecule has 2 saturated heterocycles. The highest BCUT2D eigenvalue weighted by Gasteiger charge is 2.68. The average molecular weight is 358 g/mol. The molecule has 1 unspecified atom stereocenters. The molecule has 2 heterocycles. The van der Waals surface area contributed by atoms with Crippen LogP contribution in [0.4, 0.5) is 0 Å². The minimum absolute atomic E-state index is 0.112. The Hall–Kier alpha value is -0.540. The molecule has 6 atom stereocenters. The number of methoxy groups -OCH3 is 1. The van der Waals surface area contributed by atoms with Crippen molar-refractivity contribution in [3.05, 3.63) is 12.2 Å². The molecule has 0 amide bonds. The normalized spacial score (nSPS) is 42.2. The molecule has 0 bridgehead atoms. The van der Waals surface area contributed by atoms with Crippen LogP contribution in [-0.2, 0) is 28.4 Å². The largest absolute Gasteiger partial charge is 0.386 e. The second kappa shape index (κ2) is 7.60. The lowest BCUT2D eigenvalue weighted by molar-refractivity contribution is -0.292. The number of aliphatic hydroxyl groups is 1. The first-order valence-electron chi connectivity index (χ1n) is 9.05. The lowest BCUT2D eigenvalue weighted by Gasteiger charge is -2.45. The second-order valence-corrected chi connectivity index (χ2v) is 7.26. The summed E-state index contributed by atoms with van der Waals surface area (Å²) in [5, 5.41) is 10.8. The Morgan fingerprint density at radius 1 is 1.20 bits per heavy atom. The van der Waals surface area contributed by atoms with E-state index in [0.717, 1.165) is 12.8 Å². The van der Waals surface area contributed by atoms with Gasteiger partial charge in [-0.15, -0.1) is 0 Å². The third kappa shape index (κ3) is 3.51. The highest BCUT2D eigenvalue weighted by molar-refractivity contribution is 5.20. The third-order valence-corrected chi connectivity index (χ3v) is 4.97. The van der Waals surface area contributed by atoms with Crippen molar-refractivity contribution in [2.45, 2.75) is 82.1 Å². The number of hydrogen-bond acceptors (Lipinski definition) is 7. The van der Waals surface area contributed by atoms with Gasteiger partial charge in [0.2, 0.25) is 0 Å². The molecule has 0 aromatic heterocycles. The predicted molar refractivity (Wildman–Crippen MR) is 88.8 cm³/mol. The number of ether oxygens (including phenoxy) is 6. The van der Waals surface area contributed by atoms with Crippen LogP contribution in [0.1, 0.15) is 40.0 Å². The highest BCUT2D eigenvalue weighted by Crippen LogP contribution is 2.49. The standard InChI is InChI=1S/C18H30O7/c1-5-6-10-21-15-14-16(24-17(2,3)23-14)25-18(15)12(19)8-7-9-13(18)22-11-20-4/h7-8,12-16,19H,5-6,9-11H2,1-4H3/t12-,13+,14-,15-,16+,18?/m1/s1. The van der Waals surface area contributed by atoms with Crippen molar-refractivity contribution < 1.29 is 33.5 Å². The van der Waals surface area contributed by atoms with Gasteiger partial charge in [0, 0.05) is 13.7 Å². The topological polar surface area (TPSA) is 75.6 Å². The van der Waals surface area contributed by atoms with E-state index in [9.17, 15) is 5.11 Å². The highest BCUT2D eigenvalue weighted by atomic mass is 16.9. The Morgan fingerprint density at radius 2 is 2.00 bits per heavy atom. The summed E-state index contributed by atoms with van der Waals surface area (Å²) in [6.45, 7) is 6.47. The van der Waals surface area contributed by atoms with Gasteiger partial charge in [0.05, 0.1) is 6.10 Å². The van der Waals surface area contributed by atoms with Crippen LogP contribution >= 0.6 is 0 Å². The maximum Gasteiger partial charge on any atom is 0.190 e. The predicted octanol–water partition coefficient (Wildman–Crippen LogP) is 1.73. The summed E-state index contributed by atoms with van der Waals surface area (Å²) >= 11 is 0. The maximum atomic E-state index is 10.8. The lowest BCUT2D eigenvalue weighted by Crippen LogP contribution is -2.63. The smallest absolute Gasteiger partial charge is 0.190 e. The van der Waals surface area contributed by atoms with Crippen LogP contribution in [0, 0.1) is 0 Å². The molecule has 2 aliphatic heterocycles. The van der Waals surface area contributed by atoms with Gasteiger partial charge in [0.15, 0.2) is 17.7 Å². The minimum atomic E-state index is -1.08. The first kappa shape index (κ1) is 19.2. The van der Waals surface area contributed by atoms with Crippen molar-refractivity contribution >= 4 is 0 Å². The lowest BCUT2D eigenvalue weighted by atomic mass is 9.79. The van der Waals surface area contributed by atoms with E-state index >= 15 is 0 Å². The van der Waals surface area contributed by atoms with Crippen LogP contribution in [0.25, 0.3) is 0 Å². The molecule has 1 aliphatic carbocycles. The number of fused-ring (bicyclic) bond motifs is 1. The summed E-state index contributed by atoms with van der Waals surface area (Å²) in [6, 6.07) is 0. The Balaban J connectivity index is 1.88. The minimum Gasteiger partial charge on any atom is -0.386 e. The van der Waals surface area contributed by atoms with Crippen LogP contribution in [0.2, 0.25) is 0 Å². The van der Waals surface area contributed by atoms with E-state index < -0.39 is 42.1 Å². The van der Waals surface area contributed by atoms with Gasteiger partial charge < -0.3 is 33.5 Å². The van der Waals surface area contributed by atoms with Crippen molar-refractivity contribution in [1.29, 1.82) is 0 Å². The molecule has 0 radical (unpaired) electrons. The fraction of sp³-hybridized carbons (Fsp3) is 0.889. The maximum absolute atomic E-state index is 10.8. The Bertz CT molecular complexity index is 480. The van der Waals surface area contributed by atoms with Crippen LogP contribution in [0.3, 0.4) is 0 Å². The first-order valence-corrected chi connectivity index (χ1v) is 9.05. The van der Waals surface area contributed by atoms with Crippen LogP contribution in [-0.4, -0.2) is 67.7 Å². The summed E-state index contributed by atoms with van der Waals surface area (Å²) in [5.41, 5.74) is -1.08. The Labute approximate surface area is 149 Å². The zero-order valence-corrected chi connectivity index (χ0v) is 15.5. The molecule has 144 valence electrons. The van der Waals surface area contributed by atoms with Crippen molar-refractivity contribution in [2.24, 2.45) is 0 Å². The van der Waals surface area contributed by atoms with Crippen LogP contribution < -0.4 is 0 Å². The number of aliphatic hydroxyl groups excluding tert-OH is 1. The summed E-state index contributed by atoms with van der Waals surface area (Å²) < 4.78 is 35.3. The quantitative estimate of drug-likeness (QED) is 0.422. The number of rotatable bonds is 7. The van der Waals surface area contributed by atoms with Crippen molar-refractivity contribution in [2.75, 3.05) is 20.5 Å². The molecule has 0 saturated carbocycles. The molecule has 1 N–H and O–H groups in total. The molecular weight excluding hydrogens is 328 g/mol.